The van der Waals surface area contributed by atoms with Crippen LogP contribution >= 0.6 is 0 Å². The quantitative estimate of drug-likeness (QED) is 0.682. The van der Waals surface area contributed by atoms with Crippen LogP contribution in [0.2, 0.25) is 0 Å². The second-order valence-corrected chi connectivity index (χ2v) is 4.37. The van der Waals surface area contributed by atoms with E-state index in [0.29, 0.717) is 22.6 Å². The molecular formula is C14H11F2N3. The maximum Gasteiger partial charge on any atom is 0.143 e. The molecule has 0 fully saturated rings. The van der Waals surface area contributed by atoms with Gasteiger partial charge >= 0.3 is 0 Å². The molecule has 0 spiro atoms. The predicted octanol–water partition coefficient (Wildman–Crippen LogP) is 3.10. The molecule has 3 aromatic rings. The fourth-order valence-electron chi connectivity index (χ4n) is 2.13. The van der Waals surface area contributed by atoms with Gasteiger partial charge in [0.25, 0.3) is 0 Å². The van der Waals surface area contributed by atoms with Crippen molar-refractivity contribution < 1.29 is 8.78 Å². The van der Waals surface area contributed by atoms with Crippen molar-refractivity contribution in [3.05, 3.63) is 48.0 Å². The fraction of sp³-hybridized carbons (Fsp3) is 0.0714. The molecule has 1 heterocycles. The first-order chi connectivity index (χ1) is 9.06. The van der Waals surface area contributed by atoms with Gasteiger partial charge in [-0.25, -0.2) is 13.8 Å². The monoisotopic (exact) mass is 259 g/mol. The fourth-order valence-corrected chi connectivity index (χ4v) is 2.13. The topological polar surface area (TPSA) is 43.8 Å². The number of halogens is 2. The summed E-state index contributed by atoms with van der Waals surface area (Å²) < 4.78 is 28.8. The number of aryl methyl sites for hydroxylation is 1. The number of nitrogens with two attached hydrogens (primary N) is 1. The highest BCUT2D eigenvalue weighted by Crippen LogP contribution is 2.27. The molecule has 2 N–H and O–H groups in total. The second-order valence-electron chi connectivity index (χ2n) is 4.37. The molecule has 0 radical (unpaired) electrons. The van der Waals surface area contributed by atoms with Gasteiger partial charge in [0.2, 0.25) is 0 Å². The molecule has 96 valence electrons. The van der Waals surface area contributed by atoms with Gasteiger partial charge in [-0.3, -0.25) is 0 Å². The van der Waals surface area contributed by atoms with Crippen molar-refractivity contribution >= 4 is 16.7 Å². The summed E-state index contributed by atoms with van der Waals surface area (Å²) in [4.78, 5) is 4.28. The molecule has 2 aromatic carbocycles. The molecule has 0 aliphatic rings. The Morgan fingerprint density at radius 2 is 1.89 bits per heavy atom. The predicted molar refractivity (Wildman–Crippen MR) is 70.5 cm³/mol. The van der Waals surface area contributed by atoms with Crippen LogP contribution in [0.1, 0.15) is 0 Å². The van der Waals surface area contributed by atoms with Crippen LogP contribution in [0.5, 0.6) is 0 Å². The number of hydrogen-bond acceptors (Lipinski definition) is 2. The number of benzene rings is 2. The molecule has 3 rings (SSSR count). The van der Waals surface area contributed by atoms with E-state index in [1.165, 1.54) is 18.2 Å². The first-order valence-electron chi connectivity index (χ1n) is 5.73. The molecule has 5 heteroatoms. The van der Waals surface area contributed by atoms with Crippen molar-refractivity contribution in [2.75, 3.05) is 5.73 Å². The van der Waals surface area contributed by atoms with Gasteiger partial charge in [0, 0.05) is 18.8 Å². The number of nitrogens with zero attached hydrogens (tertiary/aromatic N) is 2. The minimum absolute atomic E-state index is 0.341. The van der Waals surface area contributed by atoms with Crippen LogP contribution in [0.3, 0.4) is 0 Å². The number of aromatic nitrogens is 2. The summed E-state index contributed by atoms with van der Waals surface area (Å²) in [6, 6.07) is 8.73. The Kier molecular flexibility index (Phi) is 2.48. The van der Waals surface area contributed by atoms with Crippen molar-refractivity contribution in [1.82, 2.24) is 9.55 Å². The largest absolute Gasteiger partial charge is 0.399 e. The zero-order valence-electron chi connectivity index (χ0n) is 10.2. The first-order valence-corrected chi connectivity index (χ1v) is 5.73. The smallest absolute Gasteiger partial charge is 0.143 e. The number of anilines is 1. The van der Waals surface area contributed by atoms with E-state index >= 15 is 0 Å². The van der Waals surface area contributed by atoms with Crippen LogP contribution in [-0.4, -0.2) is 9.55 Å². The van der Waals surface area contributed by atoms with Crippen molar-refractivity contribution in [2.24, 2.45) is 7.05 Å². The lowest BCUT2D eigenvalue weighted by molar-refractivity contribution is 0.629. The number of fused-ring (bicyclic) bond motifs is 1. The Labute approximate surface area is 108 Å². The summed E-state index contributed by atoms with van der Waals surface area (Å²) >= 11 is 0. The van der Waals surface area contributed by atoms with Crippen molar-refractivity contribution in [3.63, 3.8) is 0 Å². The minimum atomic E-state index is -0.445. The third-order valence-corrected chi connectivity index (χ3v) is 3.08. The average molecular weight is 259 g/mol. The Balaban J connectivity index is 2.27. The molecule has 0 bridgehead atoms. The normalized spacial score (nSPS) is 11.1. The molecule has 0 amide bonds. The number of rotatable bonds is 1. The zero-order chi connectivity index (χ0) is 13.6. The lowest BCUT2D eigenvalue weighted by atomic mass is 10.2. The summed E-state index contributed by atoms with van der Waals surface area (Å²) in [5, 5.41) is 0. The number of hydrogen-bond donors (Lipinski definition) is 1. The van der Waals surface area contributed by atoms with Gasteiger partial charge < -0.3 is 10.3 Å². The second kappa shape index (κ2) is 4.05. The highest BCUT2D eigenvalue weighted by atomic mass is 19.1. The van der Waals surface area contributed by atoms with Gasteiger partial charge in [-0.2, -0.15) is 0 Å². The highest BCUT2D eigenvalue weighted by molar-refractivity contribution is 5.80. The van der Waals surface area contributed by atoms with Gasteiger partial charge in [0.1, 0.15) is 17.5 Å². The molecule has 0 unspecified atom stereocenters. The Bertz CT molecular complexity index is 778. The maximum atomic E-state index is 13.9. The number of nitrogen functional groups attached to an aromatic ring is 1. The van der Waals surface area contributed by atoms with Gasteiger partial charge in [-0.1, -0.05) is 0 Å². The summed E-state index contributed by atoms with van der Waals surface area (Å²) in [5.74, 6) is -0.369. The van der Waals surface area contributed by atoms with E-state index in [1.807, 2.05) is 0 Å². The maximum absolute atomic E-state index is 13.9. The van der Waals surface area contributed by atoms with Gasteiger partial charge in [-0.05, 0) is 30.3 Å². The van der Waals surface area contributed by atoms with E-state index in [0.717, 1.165) is 5.52 Å². The molecule has 0 aliphatic heterocycles. The molecule has 0 atom stereocenters. The van der Waals surface area contributed by atoms with Crippen molar-refractivity contribution in [2.45, 2.75) is 0 Å². The average Bonchev–Trinajstić information content (AvgIpc) is 2.66. The van der Waals surface area contributed by atoms with Crippen LogP contribution in [0, 0.1) is 11.6 Å². The van der Waals surface area contributed by atoms with E-state index in [1.54, 1.807) is 29.8 Å². The van der Waals surface area contributed by atoms with E-state index in [9.17, 15) is 8.78 Å². The van der Waals surface area contributed by atoms with Gasteiger partial charge in [0.05, 0.1) is 16.6 Å². The summed E-state index contributed by atoms with van der Waals surface area (Å²) in [6.45, 7) is 0. The molecule has 0 saturated heterocycles. The van der Waals surface area contributed by atoms with Crippen LogP contribution in [0.15, 0.2) is 36.4 Å². The Morgan fingerprint density at radius 3 is 2.63 bits per heavy atom. The van der Waals surface area contributed by atoms with Crippen molar-refractivity contribution in [1.29, 1.82) is 0 Å². The van der Waals surface area contributed by atoms with E-state index in [-0.39, 0.29) is 5.82 Å². The van der Waals surface area contributed by atoms with E-state index in [4.69, 9.17) is 5.73 Å². The van der Waals surface area contributed by atoms with Crippen LogP contribution in [0.4, 0.5) is 14.5 Å². The summed E-state index contributed by atoms with van der Waals surface area (Å²) in [5.41, 5.74) is 7.45. The third-order valence-electron chi connectivity index (χ3n) is 3.08. The SMILES string of the molecule is Cn1c(-c2ccc(N)cc2F)nc2cc(F)ccc21. The molecular weight excluding hydrogens is 248 g/mol. The zero-order valence-corrected chi connectivity index (χ0v) is 10.2. The standard InChI is InChI=1S/C14H11F2N3/c1-19-13-5-2-8(15)6-12(13)18-14(19)10-4-3-9(17)7-11(10)16/h2-7H,17H2,1H3. The minimum Gasteiger partial charge on any atom is -0.399 e. The van der Waals surface area contributed by atoms with Gasteiger partial charge in [0.15, 0.2) is 0 Å². The van der Waals surface area contributed by atoms with Gasteiger partial charge in [-0.15, -0.1) is 0 Å². The lowest BCUT2D eigenvalue weighted by Crippen LogP contribution is -1.96. The van der Waals surface area contributed by atoms with E-state index < -0.39 is 5.82 Å². The molecule has 0 aliphatic carbocycles. The summed E-state index contributed by atoms with van der Waals surface area (Å²) in [7, 11) is 1.76. The Morgan fingerprint density at radius 1 is 1.11 bits per heavy atom. The van der Waals surface area contributed by atoms with E-state index in [2.05, 4.69) is 4.98 Å². The van der Waals surface area contributed by atoms with Crippen LogP contribution in [-0.2, 0) is 7.05 Å². The molecule has 0 saturated carbocycles. The highest BCUT2D eigenvalue weighted by Gasteiger charge is 2.14. The summed E-state index contributed by atoms with van der Waals surface area (Å²) in [6.07, 6.45) is 0. The Hall–Kier alpha value is -2.43. The molecule has 3 nitrogen and oxygen atoms in total. The third kappa shape index (κ3) is 1.83. The molecule has 1 aromatic heterocycles. The first kappa shape index (κ1) is 11.6. The van der Waals surface area contributed by atoms with Crippen molar-refractivity contribution in [3.8, 4) is 11.4 Å². The molecule has 19 heavy (non-hydrogen) atoms. The van der Waals surface area contributed by atoms with Crippen LogP contribution in [0.25, 0.3) is 22.4 Å². The lowest BCUT2D eigenvalue weighted by Gasteiger charge is -2.04. The van der Waals surface area contributed by atoms with Crippen LogP contribution < -0.4 is 5.73 Å². The number of imidazole rings is 1.